The summed E-state index contributed by atoms with van der Waals surface area (Å²) in [6, 6.07) is 0.401. The highest BCUT2D eigenvalue weighted by Crippen LogP contribution is 2.40. The molecule has 0 radical (unpaired) electrons. The lowest BCUT2D eigenvalue weighted by Gasteiger charge is -2.16. The zero-order valence-corrected chi connectivity index (χ0v) is 39.9. The van der Waals surface area contributed by atoms with E-state index >= 15 is 0 Å². The Morgan fingerprint density at radius 3 is 1.27 bits per heavy atom. The smallest absolute Gasteiger partial charge is 0.315 e. The Kier molecular flexibility index (Phi) is 36.6. The fraction of sp³-hybridized carbons (Fsp3) is 0.929. The van der Waals surface area contributed by atoms with Crippen LogP contribution in [0.4, 0.5) is 4.79 Å². The van der Waals surface area contributed by atoms with Gasteiger partial charge < -0.3 is 73.4 Å². The largest absolute Gasteiger partial charge is 0.377 e. The third-order valence-corrected chi connectivity index (χ3v) is 14.4. The standard InChI is InChI=1S/C42H78N4O14S3/c47-39(7-3-1-5-36-9-34-62-63-36)43-10-12-50-14-16-52-18-20-54-22-24-56-26-28-58-30-32-60-33-31-59-29-27-57-25-23-55-21-19-53-17-15-51-13-11-44-40(48)8-4-2-6-38-41-37(35-61-38)45-42(49)46-41/h36-38,41H,1-35H2,(H,43,47)(H,44,48)(H2,45,46,49). The van der Waals surface area contributed by atoms with Gasteiger partial charge in [-0.25, -0.2) is 4.79 Å². The van der Waals surface area contributed by atoms with Crippen LogP contribution in [0.2, 0.25) is 0 Å². The fourth-order valence-electron chi connectivity index (χ4n) is 6.50. The quantitative estimate of drug-likeness (QED) is 0.0394. The normalized spacial score (nSPS) is 19.3. The third kappa shape index (κ3) is 32.2. The summed E-state index contributed by atoms with van der Waals surface area (Å²) in [6.45, 7) is 11.6. The minimum atomic E-state index is -0.0618. The first-order chi connectivity index (χ1) is 31.1. The molecule has 4 unspecified atom stereocenters. The van der Waals surface area contributed by atoms with Gasteiger partial charge in [0.15, 0.2) is 0 Å². The Balaban J connectivity index is 0.876. The van der Waals surface area contributed by atoms with Crippen molar-refractivity contribution >= 4 is 51.2 Å². The van der Waals surface area contributed by atoms with Gasteiger partial charge in [0.05, 0.1) is 157 Å². The van der Waals surface area contributed by atoms with E-state index in [4.69, 9.17) is 52.1 Å². The summed E-state index contributed by atoms with van der Waals surface area (Å²) >= 11 is 1.90. The molecule has 3 saturated heterocycles. The molecular weight excluding hydrogens is 881 g/mol. The Hall–Kier alpha value is -1.18. The van der Waals surface area contributed by atoms with Gasteiger partial charge in [0.25, 0.3) is 0 Å². The minimum absolute atomic E-state index is 0.0415. The first kappa shape index (κ1) is 56.1. The van der Waals surface area contributed by atoms with Crippen LogP contribution in [0, 0.1) is 0 Å². The maximum absolute atomic E-state index is 12.1. The van der Waals surface area contributed by atoms with Gasteiger partial charge >= 0.3 is 6.03 Å². The molecule has 3 heterocycles. The van der Waals surface area contributed by atoms with Crippen molar-refractivity contribution in [3.05, 3.63) is 0 Å². The molecule has 4 atom stereocenters. The molecule has 63 heavy (non-hydrogen) atoms. The Morgan fingerprint density at radius 1 is 0.508 bits per heavy atom. The van der Waals surface area contributed by atoms with E-state index in [1.165, 1.54) is 18.6 Å². The lowest BCUT2D eigenvalue weighted by Crippen LogP contribution is -2.36. The number of carbonyl (C=O) groups is 3. The van der Waals surface area contributed by atoms with Crippen molar-refractivity contribution in [2.24, 2.45) is 0 Å². The number of fused-ring (bicyclic) bond motifs is 1. The zero-order chi connectivity index (χ0) is 44.5. The number of hydrogen-bond acceptors (Lipinski definition) is 17. The fourth-order valence-corrected chi connectivity index (χ4v) is 11.1. The van der Waals surface area contributed by atoms with Crippen molar-refractivity contribution in [2.75, 3.05) is 170 Å². The monoisotopic (exact) mass is 958 g/mol. The molecule has 3 rings (SSSR count). The molecule has 0 spiro atoms. The number of thioether (sulfide) groups is 1. The highest BCUT2D eigenvalue weighted by atomic mass is 33.1. The Morgan fingerprint density at radius 2 is 0.889 bits per heavy atom. The van der Waals surface area contributed by atoms with Gasteiger partial charge in [0, 0.05) is 47.9 Å². The van der Waals surface area contributed by atoms with E-state index in [0.717, 1.165) is 43.1 Å². The molecule has 0 aromatic heterocycles. The molecule has 3 aliphatic heterocycles. The highest BCUT2D eigenvalue weighted by Gasteiger charge is 2.42. The summed E-state index contributed by atoms with van der Waals surface area (Å²) in [5.74, 6) is 2.37. The van der Waals surface area contributed by atoms with Crippen LogP contribution in [-0.2, 0) is 61.7 Å². The van der Waals surface area contributed by atoms with Gasteiger partial charge in [-0.1, -0.05) is 34.4 Å². The van der Waals surface area contributed by atoms with E-state index in [0.29, 0.717) is 177 Å². The maximum atomic E-state index is 12.1. The summed E-state index contributed by atoms with van der Waals surface area (Å²) in [6.07, 6.45) is 8.52. The first-order valence-electron chi connectivity index (χ1n) is 23.0. The molecule has 0 bridgehead atoms. The van der Waals surface area contributed by atoms with E-state index in [-0.39, 0.29) is 29.9 Å². The van der Waals surface area contributed by atoms with Crippen LogP contribution < -0.4 is 21.3 Å². The zero-order valence-electron chi connectivity index (χ0n) is 37.5. The van der Waals surface area contributed by atoms with Crippen molar-refractivity contribution < 1.29 is 66.5 Å². The SMILES string of the molecule is O=C(CCCCC1CCSS1)NCCOCCOCCOCCOCCOCCOCCOCCOCCOCCOCCOCCNC(=O)CCCCC1SCC2NC(=O)NC21. The van der Waals surface area contributed by atoms with E-state index in [2.05, 4.69) is 21.3 Å². The molecule has 3 aliphatic rings. The molecule has 3 fully saturated rings. The minimum Gasteiger partial charge on any atom is -0.377 e. The molecule has 18 nitrogen and oxygen atoms in total. The Labute approximate surface area is 387 Å². The summed E-state index contributed by atoms with van der Waals surface area (Å²) in [7, 11) is 3.97. The molecule has 0 saturated carbocycles. The number of amides is 4. The number of carbonyl (C=O) groups excluding carboxylic acids is 3. The highest BCUT2D eigenvalue weighted by molar-refractivity contribution is 8.77. The number of unbranched alkanes of at least 4 members (excludes halogenated alkanes) is 2. The molecule has 368 valence electrons. The van der Waals surface area contributed by atoms with Crippen LogP contribution in [0.3, 0.4) is 0 Å². The van der Waals surface area contributed by atoms with Crippen molar-refractivity contribution in [1.82, 2.24) is 21.3 Å². The van der Waals surface area contributed by atoms with Crippen LogP contribution in [0.5, 0.6) is 0 Å². The molecular formula is C42H78N4O14S3. The molecule has 0 aliphatic carbocycles. The number of ether oxygens (including phenoxy) is 11. The predicted octanol–water partition coefficient (Wildman–Crippen LogP) is 2.84. The molecule has 4 N–H and O–H groups in total. The van der Waals surface area contributed by atoms with Gasteiger partial charge in [0.1, 0.15) is 0 Å². The van der Waals surface area contributed by atoms with Crippen LogP contribution in [-0.4, -0.2) is 210 Å². The number of hydrogen-bond donors (Lipinski definition) is 4. The first-order valence-corrected chi connectivity index (χ1v) is 26.4. The molecule has 4 amide bonds. The van der Waals surface area contributed by atoms with E-state index in [9.17, 15) is 14.4 Å². The third-order valence-electron chi connectivity index (χ3n) is 9.85. The van der Waals surface area contributed by atoms with E-state index < -0.39 is 0 Å². The lowest BCUT2D eigenvalue weighted by atomic mass is 10.0. The van der Waals surface area contributed by atoms with Gasteiger partial charge in [-0.3, -0.25) is 9.59 Å². The Bertz CT molecular complexity index is 1120. The second kappa shape index (κ2) is 41.0. The van der Waals surface area contributed by atoms with Crippen LogP contribution in [0.1, 0.15) is 57.8 Å². The van der Waals surface area contributed by atoms with E-state index in [1.54, 1.807) is 0 Å². The van der Waals surface area contributed by atoms with Gasteiger partial charge in [-0.2, -0.15) is 11.8 Å². The van der Waals surface area contributed by atoms with Gasteiger partial charge in [-0.05, 0) is 32.1 Å². The van der Waals surface area contributed by atoms with Crippen molar-refractivity contribution in [1.29, 1.82) is 0 Å². The summed E-state index contributed by atoms with van der Waals surface area (Å²) in [5.41, 5.74) is 0. The van der Waals surface area contributed by atoms with Gasteiger partial charge in [-0.15, -0.1) is 0 Å². The maximum Gasteiger partial charge on any atom is 0.315 e. The van der Waals surface area contributed by atoms with E-state index in [1.807, 2.05) is 33.3 Å². The van der Waals surface area contributed by atoms with Crippen LogP contribution in [0.15, 0.2) is 0 Å². The molecule has 0 aromatic carbocycles. The number of rotatable bonds is 46. The van der Waals surface area contributed by atoms with Crippen LogP contribution in [0.25, 0.3) is 0 Å². The van der Waals surface area contributed by atoms with Gasteiger partial charge in [0.2, 0.25) is 11.8 Å². The average Bonchev–Trinajstić information content (AvgIpc) is 4.04. The summed E-state index contributed by atoms with van der Waals surface area (Å²) in [4.78, 5) is 35.5. The number of urea groups is 1. The summed E-state index contributed by atoms with van der Waals surface area (Å²) in [5, 5.41) is 13.0. The van der Waals surface area contributed by atoms with Crippen molar-refractivity contribution in [3.63, 3.8) is 0 Å². The summed E-state index contributed by atoms with van der Waals surface area (Å²) < 4.78 is 60.6. The number of nitrogens with one attached hydrogen (secondary N) is 4. The van der Waals surface area contributed by atoms with Crippen molar-refractivity contribution in [2.45, 2.75) is 80.4 Å². The molecule has 0 aromatic rings. The molecule has 21 heteroatoms. The second-order valence-corrected chi connectivity index (χ2v) is 18.9. The van der Waals surface area contributed by atoms with Crippen LogP contribution >= 0.6 is 33.3 Å². The topological polar surface area (TPSA) is 201 Å². The second-order valence-electron chi connectivity index (χ2n) is 14.9. The average molecular weight is 959 g/mol. The van der Waals surface area contributed by atoms with Crippen molar-refractivity contribution in [3.8, 4) is 0 Å². The predicted molar refractivity (Wildman–Crippen MR) is 246 cm³/mol. The lowest BCUT2D eigenvalue weighted by molar-refractivity contribution is -0.122.